The van der Waals surface area contributed by atoms with Crippen LogP contribution in [0, 0.1) is 5.41 Å². The Balaban J connectivity index is 2.08. The third-order valence-corrected chi connectivity index (χ3v) is 3.27. The van der Waals surface area contributed by atoms with Crippen molar-refractivity contribution in [3.05, 3.63) is 29.0 Å². The molecule has 1 saturated carbocycles. The van der Waals surface area contributed by atoms with Crippen LogP contribution in [0.25, 0.3) is 0 Å². The Bertz CT molecular complexity index is 474. The van der Waals surface area contributed by atoms with E-state index in [0.29, 0.717) is 28.4 Å². The molecule has 0 bridgehead atoms. The Kier molecular flexibility index (Phi) is 3.98. The van der Waals surface area contributed by atoms with Gasteiger partial charge in [-0.3, -0.25) is 15.3 Å². The molecule has 1 heterocycles. The molecule has 0 spiro atoms. The average Bonchev–Trinajstić information content (AvgIpc) is 3.11. The van der Waals surface area contributed by atoms with E-state index >= 15 is 0 Å². The maximum Gasteiger partial charge on any atom is 0.195 e. The standard InChI is InChI=1S/C11H14ClN5S/c12-8-2-1-5-15-9(8)6-17(10(13)14)11(18)16-7-3-4-7/h1-2,5,7H,3-4,6H2,(H3,13,14)(H,16,18). The maximum atomic E-state index is 7.57. The van der Waals surface area contributed by atoms with Crippen LogP contribution in [-0.2, 0) is 6.54 Å². The number of rotatable bonds is 3. The van der Waals surface area contributed by atoms with Gasteiger partial charge >= 0.3 is 0 Å². The lowest BCUT2D eigenvalue weighted by Crippen LogP contribution is -2.47. The van der Waals surface area contributed by atoms with Gasteiger partial charge in [-0.15, -0.1) is 0 Å². The van der Waals surface area contributed by atoms with Crippen molar-refractivity contribution in [1.82, 2.24) is 15.2 Å². The molecule has 96 valence electrons. The zero-order valence-electron chi connectivity index (χ0n) is 9.69. The molecule has 0 aliphatic heterocycles. The zero-order valence-corrected chi connectivity index (χ0v) is 11.3. The van der Waals surface area contributed by atoms with Crippen molar-refractivity contribution >= 4 is 34.9 Å². The van der Waals surface area contributed by atoms with Crippen molar-refractivity contribution < 1.29 is 0 Å². The fourth-order valence-corrected chi connectivity index (χ4v) is 1.94. The van der Waals surface area contributed by atoms with E-state index in [1.54, 1.807) is 18.3 Å². The van der Waals surface area contributed by atoms with E-state index in [1.165, 1.54) is 4.90 Å². The summed E-state index contributed by atoms with van der Waals surface area (Å²) in [6.45, 7) is 0.299. The molecule has 1 aromatic heterocycles. The summed E-state index contributed by atoms with van der Waals surface area (Å²) >= 11 is 11.3. The van der Waals surface area contributed by atoms with Crippen molar-refractivity contribution in [1.29, 1.82) is 5.41 Å². The Hall–Kier alpha value is -1.40. The van der Waals surface area contributed by atoms with E-state index in [9.17, 15) is 0 Å². The van der Waals surface area contributed by atoms with Crippen LogP contribution < -0.4 is 11.1 Å². The van der Waals surface area contributed by atoms with E-state index in [0.717, 1.165) is 12.8 Å². The molecule has 18 heavy (non-hydrogen) atoms. The molecular formula is C11H14ClN5S. The van der Waals surface area contributed by atoms with Gasteiger partial charge in [0, 0.05) is 12.2 Å². The molecule has 4 N–H and O–H groups in total. The summed E-state index contributed by atoms with van der Waals surface area (Å²) in [5.41, 5.74) is 6.19. The van der Waals surface area contributed by atoms with Gasteiger partial charge in [0.25, 0.3) is 0 Å². The lowest BCUT2D eigenvalue weighted by molar-refractivity contribution is 0.565. The van der Waals surface area contributed by atoms with Crippen molar-refractivity contribution in [3.63, 3.8) is 0 Å². The van der Waals surface area contributed by atoms with E-state index in [1.807, 2.05) is 0 Å². The highest BCUT2D eigenvalue weighted by Crippen LogP contribution is 2.20. The van der Waals surface area contributed by atoms with Crippen LogP contribution in [0.3, 0.4) is 0 Å². The van der Waals surface area contributed by atoms with Gasteiger partial charge in [-0.2, -0.15) is 0 Å². The molecule has 1 aromatic rings. The number of aromatic nitrogens is 1. The second-order valence-corrected chi connectivity index (χ2v) is 4.92. The third kappa shape index (κ3) is 3.30. The maximum absolute atomic E-state index is 7.57. The molecule has 2 rings (SSSR count). The van der Waals surface area contributed by atoms with Crippen LogP contribution in [0.15, 0.2) is 18.3 Å². The van der Waals surface area contributed by atoms with Crippen LogP contribution in [-0.4, -0.2) is 27.0 Å². The SMILES string of the molecule is N=C(N)N(Cc1ncccc1Cl)C(=S)NC1CC1. The fraction of sp³-hybridized carbons (Fsp3) is 0.364. The van der Waals surface area contributed by atoms with Gasteiger partial charge in [-0.25, -0.2) is 0 Å². The summed E-state index contributed by atoms with van der Waals surface area (Å²) in [6.07, 6.45) is 3.86. The second-order valence-electron chi connectivity index (χ2n) is 4.13. The summed E-state index contributed by atoms with van der Waals surface area (Å²) in [5.74, 6) is -0.116. The molecule has 0 aromatic carbocycles. The first-order valence-corrected chi connectivity index (χ1v) is 6.38. The van der Waals surface area contributed by atoms with Gasteiger partial charge in [-0.1, -0.05) is 11.6 Å². The minimum Gasteiger partial charge on any atom is -0.370 e. The van der Waals surface area contributed by atoms with Crippen molar-refractivity contribution in [2.75, 3.05) is 0 Å². The van der Waals surface area contributed by atoms with Crippen LogP contribution >= 0.6 is 23.8 Å². The van der Waals surface area contributed by atoms with Gasteiger partial charge in [0.1, 0.15) is 0 Å². The van der Waals surface area contributed by atoms with Crippen LogP contribution in [0.5, 0.6) is 0 Å². The van der Waals surface area contributed by atoms with Crippen molar-refractivity contribution in [2.45, 2.75) is 25.4 Å². The second kappa shape index (κ2) is 5.49. The molecule has 0 unspecified atom stereocenters. The van der Waals surface area contributed by atoms with Crippen molar-refractivity contribution in [3.8, 4) is 0 Å². The summed E-state index contributed by atoms with van der Waals surface area (Å²) in [5, 5.41) is 11.7. The lowest BCUT2D eigenvalue weighted by Gasteiger charge is -2.23. The van der Waals surface area contributed by atoms with E-state index < -0.39 is 0 Å². The predicted octanol–water partition coefficient (Wildman–Crippen LogP) is 1.47. The first-order valence-electron chi connectivity index (χ1n) is 5.59. The highest BCUT2D eigenvalue weighted by molar-refractivity contribution is 7.80. The number of nitrogens with zero attached hydrogens (tertiary/aromatic N) is 2. The van der Waals surface area contributed by atoms with E-state index in [-0.39, 0.29) is 5.96 Å². The summed E-state index contributed by atoms with van der Waals surface area (Å²) in [6, 6.07) is 3.92. The predicted molar refractivity (Wildman–Crippen MR) is 75.5 cm³/mol. The topological polar surface area (TPSA) is 78.0 Å². The van der Waals surface area contributed by atoms with Crippen LogP contribution in [0.1, 0.15) is 18.5 Å². The molecule has 5 nitrogen and oxygen atoms in total. The first kappa shape index (κ1) is 13.0. The number of thiocarbonyl (C=S) groups is 1. The Morgan fingerprint density at radius 1 is 1.67 bits per heavy atom. The Labute approximate surface area is 116 Å². The number of halogens is 1. The van der Waals surface area contributed by atoms with Crippen LogP contribution in [0.2, 0.25) is 5.02 Å². The monoisotopic (exact) mass is 283 g/mol. The third-order valence-electron chi connectivity index (χ3n) is 2.58. The zero-order chi connectivity index (χ0) is 13.1. The molecule has 1 aliphatic carbocycles. The van der Waals surface area contributed by atoms with Gasteiger partial charge < -0.3 is 11.1 Å². The molecule has 1 aliphatic rings. The van der Waals surface area contributed by atoms with Gasteiger partial charge in [-0.05, 0) is 37.2 Å². The number of hydrogen-bond donors (Lipinski definition) is 3. The van der Waals surface area contributed by atoms with Gasteiger partial charge in [0.05, 0.1) is 17.3 Å². The number of guanidine groups is 1. The number of hydrogen-bond acceptors (Lipinski definition) is 3. The molecule has 0 radical (unpaired) electrons. The largest absolute Gasteiger partial charge is 0.370 e. The number of nitrogens with two attached hydrogens (primary N) is 1. The van der Waals surface area contributed by atoms with Crippen LogP contribution in [0.4, 0.5) is 0 Å². The quantitative estimate of drug-likeness (QED) is 0.445. The Morgan fingerprint density at radius 2 is 2.39 bits per heavy atom. The van der Waals surface area contributed by atoms with Gasteiger partial charge in [0.15, 0.2) is 11.1 Å². The number of nitrogens with one attached hydrogen (secondary N) is 2. The summed E-state index contributed by atoms with van der Waals surface area (Å²) in [4.78, 5) is 5.65. The molecule has 1 fully saturated rings. The highest BCUT2D eigenvalue weighted by Gasteiger charge is 2.25. The molecule has 0 saturated heterocycles. The van der Waals surface area contributed by atoms with E-state index in [4.69, 9.17) is 35.0 Å². The van der Waals surface area contributed by atoms with Gasteiger partial charge in [0.2, 0.25) is 0 Å². The molecular weight excluding hydrogens is 270 g/mol. The molecule has 0 atom stereocenters. The summed E-state index contributed by atoms with van der Waals surface area (Å²) < 4.78 is 0. The molecule has 7 heteroatoms. The fourth-order valence-electron chi connectivity index (χ4n) is 1.43. The smallest absolute Gasteiger partial charge is 0.195 e. The highest BCUT2D eigenvalue weighted by atomic mass is 35.5. The minimum absolute atomic E-state index is 0.116. The Morgan fingerprint density at radius 3 is 2.94 bits per heavy atom. The lowest BCUT2D eigenvalue weighted by atomic mass is 10.3. The summed E-state index contributed by atoms with van der Waals surface area (Å²) in [7, 11) is 0. The van der Waals surface area contributed by atoms with E-state index in [2.05, 4.69) is 10.3 Å². The number of pyridine rings is 1. The minimum atomic E-state index is -0.116. The first-order chi connectivity index (χ1) is 8.58. The normalized spacial score (nSPS) is 14.1. The average molecular weight is 284 g/mol. The van der Waals surface area contributed by atoms with Crippen molar-refractivity contribution in [2.24, 2.45) is 5.73 Å². The molecule has 0 amide bonds.